The predicted octanol–water partition coefficient (Wildman–Crippen LogP) is 1.68. The van der Waals surface area contributed by atoms with E-state index in [4.69, 9.17) is 9.47 Å². The monoisotopic (exact) mass is 389 g/mol. The van der Waals surface area contributed by atoms with Gasteiger partial charge in [0.1, 0.15) is 0 Å². The fraction of sp³-hybridized carbons (Fsp3) is 0.611. The lowest BCUT2D eigenvalue weighted by Crippen LogP contribution is -2.37. The topological polar surface area (TPSA) is 107 Å². The number of unbranched alkanes of at least 4 members (excludes halogenated alkanes) is 1. The Hall–Kier alpha value is -2.75. The molecule has 1 saturated heterocycles. The summed E-state index contributed by atoms with van der Waals surface area (Å²) in [6.45, 7) is 8.07. The molecule has 1 aliphatic heterocycles. The molecule has 2 aromatic rings. The van der Waals surface area contributed by atoms with E-state index in [1.165, 1.54) is 16.8 Å². The Bertz CT molecular complexity index is 821. The minimum absolute atomic E-state index is 0.143. The third kappa shape index (κ3) is 5.38. The lowest BCUT2D eigenvalue weighted by Gasteiger charge is -2.26. The predicted molar refractivity (Wildman–Crippen MR) is 105 cm³/mol. The van der Waals surface area contributed by atoms with Crippen molar-refractivity contribution < 1.29 is 9.47 Å². The molecule has 1 N–H and O–H groups in total. The van der Waals surface area contributed by atoms with E-state index in [0.717, 1.165) is 25.8 Å². The molecule has 28 heavy (non-hydrogen) atoms. The van der Waals surface area contributed by atoms with Crippen LogP contribution in [0.1, 0.15) is 33.1 Å². The van der Waals surface area contributed by atoms with Crippen molar-refractivity contribution in [3.8, 4) is 11.9 Å². The van der Waals surface area contributed by atoms with Crippen molar-refractivity contribution in [2.75, 3.05) is 43.1 Å². The van der Waals surface area contributed by atoms with Crippen LogP contribution in [-0.4, -0.2) is 57.6 Å². The fourth-order valence-electron chi connectivity index (χ4n) is 2.70. The standard InChI is InChI=1S/C18H27N7O3/c1-3-5-8-19-16-20-17(24-10-12-27-13-11-24)22-18(21-16)28-14-6-7-15(26)25(23-14)9-4-2/h6-7H,3-5,8-13H2,1-2H3,(H,19,20,21,22). The van der Waals surface area contributed by atoms with Gasteiger partial charge in [-0.3, -0.25) is 4.79 Å². The minimum Gasteiger partial charge on any atom is -0.403 e. The van der Waals surface area contributed by atoms with Crippen molar-refractivity contribution >= 4 is 11.9 Å². The first kappa shape index (κ1) is 20.0. The summed E-state index contributed by atoms with van der Waals surface area (Å²) in [6.07, 6.45) is 2.88. The quantitative estimate of drug-likeness (QED) is 0.641. The summed E-state index contributed by atoms with van der Waals surface area (Å²) in [7, 11) is 0. The van der Waals surface area contributed by atoms with E-state index in [9.17, 15) is 4.79 Å². The van der Waals surface area contributed by atoms with Crippen LogP contribution < -0.4 is 20.5 Å². The molecule has 0 radical (unpaired) electrons. The molecule has 3 rings (SSSR count). The van der Waals surface area contributed by atoms with Gasteiger partial charge in [-0.25, -0.2) is 4.68 Å². The van der Waals surface area contributed by atoms with Crippen LogP contribution in [0.3, 0.4) is 0 Å². The Balaban J connectivity index is 1.84. The molecule has 1 fully saturated rings. The first-order valence-corrected chi connectivity index (χ1v) is 9.78. The maximum Gasteiger partial charge on any atom is 0.330 e. The maximum atomic E-state index is 11.9. The molecule has 2 aromatic heterocycles. The van der Waals surface area contributed by atoms with Crippen molar-refractivity contribution in [2.45, 2.75) is 39.7 Å². The number of nitrogens with one attached hydrogen (secondary N) is 1. The van der Waals surface area contributed by atoms with Gasteiger partial charge in [0.15, 0.2) is 0 Å². The molecule has 0 bridgehead atoms. The molecule has 0 atom stereocenters. The number of hydrogen-bond donors (Lipinski definition) is 1. The van der Waals surface area contributed by atoms with Crippen LogP contribution in [-0.2, 0) is 11.3 Å². The zero-order valence-electron chi connectivity index (χ0n) is 16.4. The summed E-state index contributed by atoms with van der Waals surface area (Å²) >= 11 is 0. The lowest BCUT2D eigenvalue weighted by molar-refractivity contribution is 0.122. The fourth-order valence-corrected chi connectivity index (χ4v) is 2.70. The van der Waals surface area contributed by atoms with E-state index < -0.39 is 0 Å². The Morgan fingerprint density at radius 3 is 2.71 bits per heavy atom. The van der Waals surface area contributed by atoms with Gasteiger partial charge in [0, 0.05) is 38.3 Å². The molecule has 0 saturated carbocycles. The number of morpholine rings is 1. The van der Waals surface area contributed by atoms with Crippen LogP contribution in [0.4, 0.5) is 11.9 Å². The van der Waals surface area contributed by atoms with Crippen molar-refractivity contribution in [3.05, 3.63) is 22.5 Å². The Labute approximate surface area is 163 Å². The first-order chi connectivity index (χ1) is 13.7. The largest absolute Gasteiger partial charge is 0.403 e. The highest BCUT2D eigenvalue weighted by Gasteiger charge is 2.18. The highest BCUT2D eigenvalue weighted by Crippen LogP contribution is 2.20. The molecule has 0 unspecified atom stereocenters. The molecule has 10 nitrogen and oxygen atoms in total. The number of anilines is 2. The molecule has 152 valence electrons. The second kappa shape index (κ2) is 9.98. The highest BCUT2D eigenvalue weighted by molar-refractivity contribution is 5.39. The molecule has 0 aliphatic carbocycles. The number of aryl methyl sites for hydroxylation is 1. The summed E-state index contributed by atoms with van der Waals surface area (Å²) in [5.74, 6) is 1.27. The second-order valence-electron chi connectivity index (χ2n) is 6.46. The highest BCUT2D eigenvalue weighted by atomic mass is 16.5. The summed E-state index contributed by atoms with van der Waals surface area (Å²) in [6, 6.07) is 3.10. The average molecular weight is 389 g/mol. The SMILES string of the molecule is CCCCNc1nc(Oc2ccc(=O)n(CCC)n2)nc(N2CCOCC2)n1. The molecule has 0 spiro atoms. The smallest absolute Gasteiger partial charge is 0.330 e. The molecule has 10 heteroatoms. The zero-order chi connectivity index (χ0) is 19.8. The summed E-state index contributed by atoms with van der Waals surface area (Å²) in [4.78, 5) is 27.2. The van der Waals surface area contributed by atoms with Gasteiger partial charge in [-0.05, 0) is 12.8 Å². The van der Waals surface area contributed by atoms with Crippen LogP contribution in [0, 0.1) is 0 Å². The lowest BCUT2D eigenvalue weighted by atomic mass is 10.3. The zero-order valence-corrected chi connectivity index (χ0v) is 16.4. The van der Waals surface area contributed by atoms with Gasteiger partial charge in [-0.2, -0.15) is 15.0 Å². The van der Waals surface area contributed by atoms with Crippen molar-refractivity contribution in [3.63, 3.8) is 0 Å². The van der Waals surface area contributed by atoms with Crippen molar-refractivity contribution in [1.29, 1.82) is 0 Å². The summed E-state index contributed by atoms with van der Waals surface area (Å²) < 4.78 is 12.5. The minimum atomic E-state index is -0.166. The third-order valence-corrected chi connectivity index (χ3v) is 4.18. The molecule has 0 aromatic carbocycles. The van der Waals surface area contributed by atoms with Gasteiger partial charge in [-0.1, -0.05) is 20.3 Å². The number of rotatable bonds is 9. The van der Waals surface area contributed by atoms with Gasteiger partial charge in [0.05, 0.1) is 13.2 Å². The van der Waals surface area contributed by atoms with Crippen molar-refractivity contribution in [2.24, 2.45) is 0 Å². The molecular weight excluding hydrogens is 362 g/mol. The second-order valence-corrected chi connectivity index (χ2v) is 6.46. The van der Waals surface area contributed by atoms with Crippen LogP contribution in [0.5, 0.6) is 11.9 Å². The van der Waals surface area contributed by atoms with Crippen LogP contribution >= 0.6 is 0 Å². The van der Waals surface area contributed by atoms with Crippen LogP contribution in [0.25, 0.3) is 0 Å². The molecule has 3 heterocycles. The molecule has 0 amide bonds. The maximum absolute atomic E-state index is 11.9. The van der Waals surface area contributed by atoms with Crippen LogP contribution in [0.15, 0.2) is 16.9 Å². The van der Waals surface area contributed by atoms with Gasteiger partial charge in [0.2, 0.25) is 17.8 Å². The molecular formula is C18H27N7O3. The van der Waals surface area contributed by atoms with Gasteiger partial charge >= 0.3 is 6.01 Å². The average Bonchev–Trinajstić information content (AvgIpc) is 2.71. The van der Waals surface area contributed by atoms with Crippen molar-refractivity contribution in [1.82, 2.24) is 24.7 Å². The van der Waals surface area contributed by atoms with E-state index in [1.807, 2.05) is 11.8 Å². The Morgan fingerprint density at radius 2 is 1.96 bits per heavy atom. The first-order valence-electron chi connectivity index (χ1n) is 9.78. The van der Waals surface area contributed by atoms with E-state index in [0.29, 0.717) is 44.7 Å². The van der Waals surface area contributed by atoms with E-state index in [2.05, 4.69) is 32.3 Å². The van der Waals surface area contributed by atoms with E-state index in [1.54, 1.807) is 0 Å². The summed E-state index contributed by atoms with van der Waals surface area (Å²) in [5.41, 5.74) is -0.166. The van der Waals surface area contributed by atoms with E-state index >= 15 is 0 Å². The summed E-state index contributed by atoms with van der Waals surface area (Å²) in [5, 5.41) is 7.45. The molecule has 1 aliphatic rings. The normalized spacial score (nSPS) is 14.1. The number of nitrogens with zero attached hydrogens (tertiary/aromatic N) is 6. The Morgan fingerprint density at radius 1 is 1.14 bits per heavy atom. The van der Waals surface area contributed by atoms with Crippen LogP contribution in [0.2, 0.25) is 0 Å². The van der Waals surface area contributed by atoms with E-state index in [-0.39, 0.29) is 17.4 Å². The number of ether oxygens (including phenoxy) is 2. The van der Waals surface area contributed by atoms with Gasteiger partial charge in [0.25, 0.3) is 5.56 Å². The Kier molecular flexibility index (Phi) is 7.12. The number of hydrogen-bond acceptors (Lipinski definition) is 9. The third-order valence-electron chi connectivity index (χ3n) is 4.18. The number of aromatic nitrogens is 5. The van der Waals surface area contributed by atoms with Gasteiger partial charge < -0.3 is 19.7 Å². The van der Waals surface area contributed by atoms with Gasteiger partial charge in [-0.15, -0.1) is 5.10 Å².